The van der Waals surface area contributed by atoms with E-state index in [0.29, 0.717) is 0 Å². The van der Waals surface area contributed by atoms with Crippen LogP contribution in [0.4, 0.5) is 10.1 Å². The molecule has 1 saturated heterocycles. The maximum absolute atomic E-state index is 13.9. The number of amides is 2. The van der Waals surface area contributed by atoms with Crippen molar-refractivity contribution in [3.05, 3.63) is 39.7 Å². The fourth-order valence-corrected chi connectivity index (χ4v) is 2.20. The van der Waals surface area contributed by atoms with Gasteiger partial charge in [0.2, 0.25) is 17.6 Å². The van der Waals surface area contributed by atoms with E-state index in [1.54, 1.807) is 6.92 Å². The number of nitro groups is 1. The minimum atomic E-state index is -1.00. The summed E-state index contributed by atoms with van der Waals surface area (Å²) >= 11 is 0. The van der Waals surface area contributed by atoms with Crippen molar-refractivity contribution in [3.63, 3.8) is 0 Å². The fourth-order valence-electron chi connectivity index (χ4n) is 2.20. The van der Waals surface area contributed by atoms with Crippen molar-refractivity contribution in [1.29, 1.82) is 0 Å². The lowest BCUT2D eigenvalue weighted by atomic mass is 9.97. The van der Waals surface area contributed by atoms with Crippen molar-refractivity contribution in [1.82, 2.24) is 4.90 Å². The summed E-state index contributed by atoms with van der Waals surface area (Å²) in [5.41, 5.74) is -0.691. The first-order valence-corrected chi connectivity index (χ1v) is 6.15. The van der Waals surface area contributed by atoms with Crippen LogP contribution in [0.3, 0.4) is 0 Å². The maximum atomic E-state index is 13.9. The third-order valence-corrected chi connectivity index (χ3v) is 3.23. The molecule has 0 aliphatic carbocycles. The molecule has 0 N–H and O–H groups in total. The number of nitro benzene ring substituents is 1. The quantitative estimate of drug-likeness (QED) is 0.482. The highest BCUT2D eigenvalue weighted by Crippen LogP contribution is 2.25. The van der Waals surface area contributed by atoms with Gasteiger partial charge in [0.25, 0.3) is 0 Å². The molecule has 0 atom stereocenters. The van der Waals surface area contributed by atoms with Gasteiger partial charge in [0.1, 0.15) is 0 Å². The molecule has 7 heteroatoms. The van der Waals surface area contributed by atoms with Crippen LogP contribution in [0.25, 0.3) is 0 Å². The van der Waals surface area contributed by atoms with Gasteiger partial charge in [0, 0.05) is 24.5 Å². The molecular formula is C13H13FN2O4. The Morgan fingerprint density at radius 2 is 1.95 bits per heavy atom. The highest BCUT2D eigenvalue weighted by atomic mass is 19.1. The molecule has 1 heterocycles. The molecule has 2 amide bonds. The summed E-state index contributed by atoms with van der Waals surface area (Å²) in [5, 5.41) is 10.7. The van der Waals surface area contributed by atoms with Gasteiger partial charge in [0.15, 0.2) is 0 Å². The number of benzene rings is 1. The Morgan fingerprint density at radius 1 is 1.35 bits per heavy atom. The fraction of sp³-hybridized carbons (Fsp3) is 0.385. The zero-order valence-electron chi connectivity index (χ0n) is 10.8. The Balaban J connectivity index is 2.26. The number of halogens is 1. The van der Waals surface area contributed by atoms with Crippen molar-refractivity contribution in [2.45, 2.75) is 26.3 Å². The zero-order valence-corrected chi connectivity index (χ0v) is 10.8. The van der Waals surface area contributed by atoms with Crippen molar-refractivity contribution in [3.8, 4) is 0 Å². The van der Waals surface area contributed by atoms with Crippen molar-refractivity contribution >= 4 is 17.5 Å². The van der Waals surface area contributed by atoms with Gasteiger partial charge in [-0.3, -0.25) is 24.6 Å². The normalized spacial score (nSPS) is 16.6. The van der Waals surface area contributed by atoms with Crippen LogP contribution >= 0.6 is 0 Å². The monoisotopic (exact) mass is 280 g/mol. The Kier molecular flexibility index (Phi) is 3.78. The van der Waals surface area contributed by atoms with Crippen LogP contribution in [-0.4, -0.2) is 21.6 Å². The first-order valence-electron chi connectivity index (χ1n) is 6.15. The molecule has 0 spiro atoms. The molecule has 0 unspecified atom stereocenters. The predicted molar refractivity (Wildman–Crippen MR) is 67.0 cm³/mol. The predicted octanol–water partition coefficient (Wildman–Crippen LogP) is 2.02. The maximum Gasteiger partial charge on any atom is 0.305 e. The van der Waals surface area contributed by atoms with Crippen molar-refractivity contribution in [2.24, 2.45) is 5.92 Å². The number of likely N-dealkylation sites (tertiary alicyclic amines) is 1. The molecule has 6 nitrogen and oxygen atoms in total. The Morgan fingerprint density at radius 3 is 2.50 bits per heavy atom. The Labute approximate surface area is 114 Å². The van der Waals surface area contributed by atoms with Crippen molar-refractivity contribution in [2.75, 3.05) is 0 Å². The minimum absolute atomic E-state index is 0.0267. The second-order valence-corrected chi connectivity index (χ2v) is 4.89. The van der Waals surface area contributed by atoms with E-state index in [1.165, 1.54) is 12.1 Å². The van der Waals surface area contributed by atoms with E-state index in [9.17, 15) is 24.1 Å². The smallest absolute Gasteiger partial charge is 0.278 e. The van der Waals surface area contributed by atoms with Crippen molar-refractivity contribution < 1.29 is 18.9 Å². The molecule has 0 saturated carbocycles. The minimum Gasteiger partial charge on any atom is -0.278 e. The summed E-state index contributed by atoms with van der Waals surface area (Å²) in [6, 6.07) is 3.71. The number of nitrogens with zero attached hydrogens (tertiary/aromatic N) is 2. The summed E-state index contributed by atoms with van der Waals surface area (Å²) in [7, 11) is 0. The standard InChI is InChI=1S/C13H13FN2O4/c1-8-5-11(17)15(12(18)6-8)7-9-3-2-4-10(13(9)14)16(19)20/h2-4,8H,5-7H2,1H3. The molecule has 1 aliphatic heterocycles. The van der Waals surface area contributed by atoms with E-state index in [0.717, 1.165) is 11.0 Å². The van der Waals surface area contributed by atoms with Gasteiger partial charge in [-0.05, 0) is 5.92 Å². The molecule has 1 aliphatic rings. The van der Waals surface area contributed by atoms with Gasteiger partial charge in [0.05, 0.1) is 11.5 Å². The number of hydrogen-bond donors (Lipinski definition) is 0. The highest BCUT2D eigenvalue weighted by molar-refractivity contribution is 5.97. The van der Waals surface area contributed by atoms with Gasteiger partial charge in [-0.15, -0.1) is 0 Å². The lowest BCUT2D eigenvalue weighted by Crippen LogP contribution is -2.42. The summed E-state index contributed by atoms with van der Waals surface area (Å²) < 4.78 is 13.9. The number of hydrogen-bond acceptors (Lipinski definition) is 4. The van der Waals surface area contributed by atoms with E-state index in [4.69, 9.17) is 0 Å². The summed E-state index contributed by atoms with van der Waals surface area (Å²) in [4.78, 5) is 34.4. The molecular weight excluding hydrogens is 267 g/mol. The summed E-state index contributed by atoms with van der Waals surface area (Å²) in [6.45, 7) is 1.53. The molecule has 1 fully saturated rings. The first-order chi connectivity index (χ1) is 9.40. The third kappa shape index (κ3) is 2.66. The molecule has 1 aromatic rings. The van der Waals surface area contributed by atoms with E-state index in [1.807, 2.05) is 0 Å². The molecule has 0 radical (unpaired) electrons. The van der Waals surface area contributed by atoms with Gasteiger partial charge < -0.3 is 0 Å². The van der Waals surface area contributed by atoms with Crippen LogP contribution < -0.4 is 0 Å². The average molecular weight is 280 g/mol. The van der Waals surface area contributed by atoms with Crippen LogP contribution in [0, 0.1) is 21.8 Å². The lowest BCUT2D eigenvalue weighted by molar-refractivity contribution is -0.387. The average Bonchev–Trinajstić information content (AvgIpc) is 2.35. The largest absolute Gasteiger partial charge is 0.305 e. The SMILES string of the molecule is CC1CC(=O)N(Cc2cccc([N+](=O)[O-])c2F)C(=O)C1. The van der Waals surface area contributed by atoms with Gasteiger partial charge in [-0.1, -0.05) is 19.1 Å². The Bertz CT molecular complexity index is 570. The van der Waals surface area contributed by atoms with Gasteiger partial charge in [-0.25, -0.2) is 0 Å². The zero-order chi connectivity index (χ0) is 14.9. The van der Waals surface area contributed by atoms with E-state index in [2.05, 4.69) is 0 Å². The molecule has 106 valence electrons. The number of piperidine rings is 1. The van der Waals surface area contributed by atoms with Crippen LogP contribution in [0.1, 0.15) is 25.3 Å². The van der Waals surface area contributed by atoms with E-state index < -0.39 is 16.4 Å². The molecule has 1 aromatic carbocycles. The molecule has 0 bridgehead atoms. The first kappa shape index (κ1) is 14.1. The highest BCUT2D eigenvalue weighted by Gasteiger charge is 2.31. The Hall–Kier alpha value is -2.31. The second kappa shape index (κ2) is 5.36. The topological polar surface area (TPSA) is 80.5 Å². The second-order valence-electron chi connectivity index (χ2n) is 4.89. The number of imide groups is 1. The van der Waals surface area contributed by atoms with Crippen LogP contribution in [0.15, 0.2) is 18.2 Å². The summed E-state index contributed by atoms with van der Waals surface area (Å²) in [5.74, 6) is -1.78. The van der Waals surface area contributed by atoms with Gasteiger partial charge >= 0.3 is 5.69 Å². The van der Waals surface area contributed by atoms with Crippen LogP contribution in [-0.2, 0) is 16.1 Å². The summed E-state index contributed by atoms with van der Waals surface area (Å²) in [6.07, 6.45) is 0.449. The van der Waals surface area contributed by atoms with E-state index in [-0.39, 0.29) is 42.7 Å². The number of carbonyl (C=O) groups excluding carboxylic acids is 2. The molecule has 20 heavy (non-hydrogen) atoms. The number of carbonyl (C=O) groups is 2. The molecule has 2 rings (SSSR count). The van der Waals surface area contributed by atoms with Gasteiger partial charge in [-0.2, -0.15) is 4.39 Å². The lowest BCUT2D eigenvalue weighted by Gasteiger charge is -2.28. The number of rotatable bonds is 3. The van der Waals surface area contributed by atoms with Crippen LogP contribution in [0.2, 0.25) is 0 Å². The van der Waals surface area contributed by atoms with E-state index >= 15 is 0 Å². The molecule has 0 aromatic heterocycles. The van der Waals surface area contributed by atoms with Crippen LogP contribution in [0.5, 0.6) is 0 Å². The third-order valence-electron chi connectivity index (χ3n) is 3.23.